The molecule has 0 aliphatic carbocycles. The van der Waals surface area contributed by atoms with Crippen LogP contribution in [0, 0.1) is 12.7 Å². The van der Waals surface area contributed by atoms with Crippen LogP contribution >= 0.6 is 23.1 Å². The molecule has 2 heterocycles. The molecule has 0 aliphatic heterocycles. The van der Waals surface area contributed by atoms with E-state index < -0.39 is 0 Å². The van der Waals surface area contributed by atoms with Gasteiger partial charge in [0.25, 0.3) is 0 Å². The fraction of sp³-hybridized carbons (Fsp3) is 0.0769. The number of aromatic nitrogens is 2. The molecular weight excluding hydrogens is 295 g/mol. The number of hydrogen-bond acceptors (Lipinski definition) is 6. The highest BCUT2D eigenvalue weighted by Crippen LogP contribution is 2.35. The van der Waals surface area contributed by atoms with Crippen molar-refractivity contribution in [3.8, 4) is 0 Å². The van der Waals surface area contributed by atoms with Crippen molar-refractivity contribution < 1.29 is 4.39 Å². The largest absolute Gasteiger partial charge is 0.292 e. The van der Waals surface area contributed by atoms with E-state index in [-0.39, 0.29) is 5.82 Å². The number of nitrogen functional groups attached to an aromatic ring is 1. The molecule has 0 atom stereocenters. The number of halogens is 1. The highest BCUT2D eigenvalue weighted by atomic mass is 32.2. The molecule has 3 N–H and O–H groups in total. The molecule has 0 saturated carbocycles. The van der Waals surface area contributed by atoms with Gasteiger partial charge in [0.05, 0.1) is 0 Å². The summed E-state index contributed by atoms with van der Waals surface area (Å²) < 4.78 is 13.3. The van der Waals surface area contributed by atoms with Crippen LogP contribution in [0.2, 0.25) is 0 Å². The average Bonchev–Trinajstić information content (AvgIpc) is 2.79. The maximum Gasteiger partial charge on any atom is 0.239 e. The molecule has 7 heteroatoms. The third-order valence-corrected chi connectivity index (χ3v) is 4.56. The summed E-state index contributed by atoms with van der Waals surface area (Å²) >= 11 is 2.97. The average molecular weight is 306 g/mol. The fourth-order valence-electron chi connectivity index (χ4n) is 1.80. The van der Waals surface area contributed by atoms with Gasteiger partial charge in [0.2, 0.25) is 5.95 Å². The van der Waals surface area contributed by atoms with E-state index in [0.29, 0.717) is 5.95 Å². The minimum atomic E-state index is -0.265. The summed E-state index contributed by atoms with van der Waals surface area (Å²) in [6.45, 7) is 2.01. The summed E-state index contributed by atoms with van der Waals surface area (Å²) in [4.78, 5) is 11.5. The van der Waals surface area contributed by atoms with Crippen LogP contribution < -0.4 is 11.3 Å². The molecule has 1 aromatic carbocycles. The summed E-state index contributed by atoms with van der Waals surface area (Å²) in [6.07, 6.45) is 0. The topological polar surface area (TPSA) is 63.8 Å². The first-order chi connectivity index (χ1) is 9.65. The molecule has 0 spiro atoms. The first kappa shape index (κ1) is 13.3. The molecular formula is C13H11FN4S2. The molecule has 0 unspecified atom stereocenters. The van der Waals surface area contributed by atoms with Crippen LogP contribution in [0.5, 0.6) is 0 Å². The van der Waals surface area contributed by atoms with E-state index >= 15 is 0 Å². The van der Waals surface area contributed by atoms with Crippen molar-refractivity contribution in [1.82, 2.24) is 9.97 Å². The lowest BCUT2D eigenvalue weighted by Crippen LogP contribution is -2.10. The number of thiophene rings is 1. The van der Waals surface area contributed by atoms with Crippen molar-refractivity contribution in [2.45, 2.75) is 16.8 Å². The molecule has 2 aromatic heterocycles. The summed E-state index contributed by atoms with van der Waals surface area (Å²) in [6, 6.07) is 8.45. The van der Waals surface area contributed by atoms with Gasteiger partial charge < -0.3 is 0 Å². The van der Waals surface area contributed by atoms with Crippen LogP contribution in [0.1, 0.15) is 4.88 Å². The van der Waals surface area contributed by atoms with Crippen molar-refractivity contribution in [2.24, 2.45) is 5.84 Å². The predicted octanol–water partition coefficient (Wildman–Crippen LogP) is 3.58. The van der Waals surface area contributed by atoms with Crippen LogP contribution in [-0.2, 0) is 0 Å². The highest BCUT2D eigenvalue weighted by molar-refractivity contribution is 7.99. The summed E-state index contributed by atoms with van der Waals surface area (Å²) in [5.74, 6) is 5.49. The van der Waals surface area contributed by atoms with Crippen molar-refractivity contribution in [1.29, 1.82) is 0 Å². The normalized spacial score (nSPS) is 10.9. The summed E-state index contributed by atoms with van der Waals surface area (Å²) in [7, 11) is 0. The van der Waals surface area contributed by atoms with Gasteiger partial charge in [-0.1, -0.05) is 17.8 Å². The Morgan fingerprint density at radius 1 is 1.30 bits per heavy atom. The number of aryl methyl sites for hydroxylation is 1. The minimum absolute atomic E-state index is 0.265. The summed E-state index contributed by atoms with van der Waals surface area (Å²) in [5.41, 5.74) is 2.46. The maximum absolute atomic E-state index is 13.3. The Morgan fingerprint density at radius 2 is 2.15 bits per heavy atom. The van der Waals surface area contributed by atoms with E-state index in [9.17, 15) is 4.39 Å². The van der Waals surface area contributed by atoms with Gasteiger partial charge in [-0.3, -0.25) is 5.43 Å². The molecule has 0 bridgehead atoms. The lowest BCUT2D eigenvalue weighted by Gasteiger charge is -2.05. The number of hydrazine groups is 1. The first-order valence-electron chi connectivity index (χ1n) is 5.84. The van der Waals surface area contributed by atoms with Crippen molar-refractivity contribution in [2.75, 3.05) is 5.43 Å². The Morgan fingerprint density at radius 3 is 2.90 bits per heavy atom. The van der Waals surface area contributed by atoms with E-state index in [4.69, 9.17) is 5.84 Å². The third-order valence-electron chi connectivity index (χ3n) is 2.62. The summed E-state index contributed by atoms with van der Waals surface area (Å²) in [5, 5.41) is 1.72. The van der Waals surface area contributed by atoms with Gasteiger partial charge in [-0.2, -0.15) is 0 Å². The van der Waals surface area contributed by atoms with Crippen LogP contribution in [0.3, 0.4) is 0 Å². The van der Waals surface area contributed by atoms with Gasteiger partial charge in [-0.25, -0.2) is 20.2 Å². The molecule has 0 fully saturated rings. The van der Waals surface area contributed by atoms with Crippen molar-refractivity contribution >= 4 is 39.3 Å². The second-order valence-corrected chi connectivity index (χ2v) is 6.43. The minimum Gasteiger partial charge on any atom is -0.292 e. The zero-order valence-electron chi connectivity index (χ0n) is 10.6. The van der Waals surface area contributed by atoms with Crippen LogP contribution in [-0.4, -0.2) is 9.97 Å². The zero-order chi connectivity index (χ0) is 14.1. The molecule has 0 aliphatic rings. The second-order valence-electron chi connectivity index (χ2n) is 4.13. The standard InChI is InChI=1S/C13H11FN4S2/c1-7-5-10-11(19-7)16-13(18-15)17-12(10)20-9-4-2-3-8(14)6-9/h2-6H,15H2,1H3,(H,16,17,18). The van der Waals surface area contributed by atoms with E-state index in [1.54, 1.807) is 17.4 Å². The van der Waals surface area contributed by atoms with Gasteiger partial charge in [0, 0.05) is 15.2 Å². The van der Waals surface area contributed by atoms with E-state index in [1.165, 1.54) is 23.9 Å². The SMILES string of the molecule is Cc1cc2c(Sc3cccc(F)c3)nc(NN)nc2s1. The molecule has 102 valence electrons. The Kier molecular flexibility index (Phi) is 3.56. The van der Waals surface area contributed by atoms with Gasteiger partial charge >= 0.3 is 0 Å². The van der Waals surface area contributed by atoms with Crippen LogP contribution in [0.25, 0.3) is 10.2 Å². The third kappa shape index (κ3) is 2.60. The molecule has 20 heavy (non-hydrogen) atoms. The number of anilines is 1. The highest BCUT2D eigenvalue weighted by Gasteiger charge is 2.11. The second kappa shape index (κ2) is 5.35. The van der Waals surface area contributed by atoms with Gasteiger partial charge in [0.1, 0.15) is 15.7 Å². The number of nitrogens with zero attached hydrogens (tertiary/aromatic N) is 2. The Hall–Kier alpha value is -1.70. The Bertz CT molecular complexity index is 772. The van der Waals surface area contributed by atoms with Crippen LogP contribution in [0.4, 0.5) is 10.3 Å². The Labute approximate surface area is 123 Å². The van der Waals surface area contributed by atoms with Crippen molar-refractivity contribution in [3.05, 3.63) is 41.0 Å². The monoisotopic (exact) mass is 306 g/mol. The number of benzene rings is 1. The van der Waals surface area contributed by atoms with E-state index in [2.05, 4.69) is 15.4 Å². The lowest BCUT2D eigenvalue weighted by molar-refractivity contribution is 0.624. The number of nitrogens with one attached hydrogen (secondary N) is 1. The lowest BCUT2D eigenvalue weighted by atomic mass is 10.3. The molecule has 0 radical (unpaired) electrons. The first-order valence-corrected chi connectivity index (χ1v) is 7.47. The fourth-order valence-corrected chi connectivity index (χ4v) is 3.68. The number of nitrogens with two attached hydrogens (primary N) is 1. The van der Waals surface area contributed by atoms with Crippen LogP contribution in [0.15, 0.2) is 40.3 Å². The Balaban J connectivity index is 2.09. The predicted molar refractivity (Wildman–Crippen MR) is 80.5 cm³/mol. The molecule has 3 rings (SSSR count). The molecule has 3 aromatic rings. The van der Waals surface area contributed by atoms with E-state index in [0.717, 1.165) is 25.0 Å². The zero-order valence-corrected chi connectivity index (χ0v) is 12.2. The molecule has 4 nitrogen and oxygen atoms in total. The number of hydrogen-bond donors (Lipinski definition) is 2. The van der Waals surface area contributed by atoms with Gasteiger partial charge in [0.15, 0.2) is 0 Å². The van der Waals surface area contributed by atoms with E-state index in [1.807, 2.05) is 19.1 Å². The van der Waals surface area contributed by atoms with Gasteiger partial charge in [-0.15, -0.1) is 11.3 Å². The number of rotatable bonds is 3. The molecule has 0 amide bonds. The molecule has 0 saturated heterocycles. The van der Waals surface area contributed by atoms with Gasteiger partial charge in [-0.05, 0) is 31.2 Å². The quantitative estimate of drug-likeness (QED) is 0.440. The number of fused-ring (bicyclic) bond motifs is 1. The smallest absolute Gasteiger partial charge is 0.239 e. The maximum atomic E-state index is 13.3. The van der Waals surface area contributed by atoms with Crippen molar-refractivity contribution in [3.63, 3.8) is 0 Å².